The molecule has 0 radical (unpaired) electrons. The first-order valence-electron chi connectivity index (χ1n) is 3.95. The third kappa shape index (κ3) is 1.56. The zero-order chi connectivity index (χ0) is 10.2. The van der Waals surface area contributed by atoms with Crippen LogP contribution in [-0.2, 0) is 14.3 Å². The van der Waals surface area contributed by atoms with Crippen molar-refractivity contribution in [3.05, 3.63) is 12.2 Å². The predicted octanol–water partition coefficient (Wildman–Crippen LogP) is 0.826. The molecule has 1 unspecified atom stereocenters. The largest absolute Gasteiger partial charge is 0.478 e. The van der Waals surface area contributed by atoms with Crippen molar-refractivity contribution in [2.45, 2.75) is 13.8 Å². The average Bonchev–Trinajstić information content (AvgIpc) is 2.25. The summed E-state index contributed by atoms with van der Waals surface area (Å²) in [6.45, 7) is 7.21. The molecule has 0 aromatic carbocycles. The minimum atomic E-state index is -1.14. The number of hydrogen-bond donors (Lipinski definition) is 1. The fraction of sp³-hybridized carbons (Fsp3) is 0.556. The van der Waals surface area contributed by atoms with Gasteiger partial charge < -0.3 is 9.84 Å². The molecule has 0 bridgehead atoms. The van der Waals surface area contributed by atoms with Crippen LogP contribution in [0.2, 0.25) is 0 Å². The highest BCUT2D eigenvalue weighted by atomic mass is 16.5. The molecule has 1 atom stereocenters. The lowest BCUT2D eigenvalue weighted by atomic mass is 9.77. The molecule has 0 saturated carbocycles. The van der Waals surface area contributed by atoms with Crippen molar-refractivity contribution in [2.75, 3.05) is 6.61 Å². The fourth-order valence-electron chi connectivity index (χ4n) is 1.48. The molecule has 13 heavy (non-hydrogen) atoms. The predicted molar refractivity (Wildman–Crippen MR) is 45.0 cm³/mol. The first-order valence-corrected chi connectivity index (χ1v) is 3.95. The third-order valence-electron chi connectivity index (χ3n) is 2.23. The first-order chi connectivity index (χ1) is 5.86. The third-order valence-corrected chi connectivity index (χ3v) is 2.23. The van der Waals surface area contributed by atoms with E-state index in [0.29, 0.717) is 0 Å². The Hall–Kier alpha value is -1.32. The lowest BCUT2D eigenvalue weighted by molar-refractivity contribution is -0.143. The number of ether oxygens (including phenoxy) is 1. The number of rotatable bonds is 2. The van der Waals surface area contributed by atoms with Crippen LogP contribution in [0.3, 0.4) is 0 Å². The summed E-state index contributed by atoms with van der Waals surface area (Å²) in [7, 11) is 0. The number of carboxylic acid groups (broad SMARTS) is 1. The van der Waals surface area contributed by atoms with Crippen LogP contribution >= 0.6 is 0 Å². The van der Waals surface area contributed by atoms with Crippen molar-refractivity contribution in [2.24, 2.45) is 11.3 Å². The van der Waals surface area contributed by atoms with Crippen molar-refractivity contribution in [3.8, 4) is 0 Å². The van der Waals surface area contributed by atoms with E-state index >= 15 is 0 Å². The highest BCUT2D eigenvalue weighted by Gasteiger charge is 2.46. The van der Waals surface area contributed by atoms with Crippen LogP contribution in [0.15, 0.2) is 12.2 Å². The van der Waals surface area contributed by atoms with Crippen LogP contribution in [-0.4, -0.2) is 23.7 Å². The molecule has 1 heterocycles. The summed E-state index contributed by atoms with van der Waals surface area (Å²) in [6.07, 6.45) is 0. The summed E-state index contributed by atoms with van der Waals surface area (Å²) in [5, 5.41) is 8.69. The maximum atomic E-state index is 11.2. The topological polar surface area (TPSA) is 63.6 Å². The van der Waals surface area contributed by atoms with E-state index in [-0.39, 0.29) is 12.2 Å². The maximum Gasteiger partial charge on any atom is 0.331 e. The zero-order valence-corrected chi connectivity index (χ0v) is 7.66. The molecule has 0 amide bonds. The fourth-order valence-corrected chi connectivity index (χ4v) is 1.48. The van der Waals surface area contributed by atoms with Gasteiger partial charge >= 0.3 is 11.9 Å². The van der Waals surface area contributed by atoms with Crippen molar-refractivity contribution in [1.29, 1.82) is 0 Å². The molecule has 4 nitrogen and oxygen atoms in total. The van der Waals surface area contributed by atoms with Gasteiger partial charge in [0.1, 0.15) is 0 Å². The molecule has 4 heteroatoms. The van der Waals surface area contributed by atoms with Crippen LogP contribution in [0.25, 0.3) is 0 Å². The number of carboxylic acids is 1. The zero-order valence-electron chi connectivity index (χ0n) is 7.66. The number of aliphatic carboxylic acids is 1. The Labute approximate surface area is 76.2 Å². The van der Waals surface area contributed by atoms with Gasteiger partial charge in [-0.05, 0) is 0 Å². The van der Waals surface area contributed by atoms with E-state index in [1.165, 1.54) is 0 Å². The van der Waals surface area contributed by atoms with Crippen molar-refractivity contribution < 1.29 is 19.4 Å². The van der Waals surface area contributed by atoms with Gasteiger partial charge in [-0.15, -0.1) is 0 Å². The molecular formula is C9H12O4. The minimum absolute atomic E-state index is 0.0903. The number of esters is 1. The highest BCUT2D eigenvalue weighted by molar-refractivity contribution is 5.94. The Morgan fingerprint density at radius 2 is 2.23 bits per heavy atom. The molecule has 1 rings (SSSR count). The second-order valence-corrected chi connectivity index (χ2v) is 3.86. The molecule has 0 aromatic heterocycles. The summed E-state index contributed by atoms with van der Waals surface area (Å²) in [6, 6.07) is 0. The summed E-state index contributed by atoms with van der Waals surface area (Å²) in [4.78, 5) is 21.8. The van der Waals surface area contributed by atoms with Gasteiger partial charge in [0.15, 0.2) is 0 Å². The van der Waals surface area contributed by atoms with Crippen molar-refractivity contribution in [3.63, 3.8) is 0 Å². The molecule has 1 aliphatic heterocycles. The van der Waals surface area contributed by atoms with Crippen LogP contribution in [0.5, 0.6) is 0 Å². The van der Waals surface area contributed by atoms with Crippen LogP contribution < -0.4 is 0 Å². The first kappa shape index (κ1) is 9.77. The molecule has 0 aliphatic carbocycles. The van der Waals surface area contributed by atoms with Gasteiger partial charge in [-0.25, -0.2) is 4.79 Å². The number of cyclic esters (lactones) is 1. The number of carbonyl (C=O) groups excluding carboxylic acids is 1. The second kappa shape index (κ2) is 2.87. The van der Waals surface area contributed by atoms with Gasteiger partial charge in [0.2, 0.25) is 0 Å². The number of hydrogen-bond acceptors (Lipinski definition) is 3. The molecule has 0 aromatic rings. The summed E-state index contributed by atoms with van der Waals surface area (Å²) in [5.41, 5.74) is -0.556. The maximum absolute atomic E-state index is 11.2. The van der Waals surface area contributed by atoms with Crippen LogP contribution in [0.1, 0.15) is 13.8 Å². The summed E-state index contributed by atoms with van der Waals surface area (Å²) >= 11 is 0. The smallest absolute Gasteiger partial charge is 0.331 e. The molecule has 1 saturated heterocycles. The van der Waals surface area contributed by atoms with Crippen LogP contribution in [0, 0.1) is 11.3 Å². The van der Waals surface area contributed by atoms with E-state index in [1.807, 2.05) is 0 Å². The molecule has 0 spiro atoms. The standard InChI is InChI=1S/C9H12O4/c1-5(7(10)11)6-8(12)13-4-9(6,2)3/h6H,1,4H2,2-3H3,(H,10,11). The Bertz CT molecular complexity index is 277. The monoisotopic (exact) mass is 184 g/mol. The highest BCUT2D eigenvalue weighted by Crippen LogP contribution is 2.38. The Balaban J connectivity index is 2.95. The minimum Gasteiger partial charge on any atom is -0.478 e. The quantitative estimate of drug-likeness (QED) is 0.510. The lowest BCUT2D eigenvalue weighted by Crippen LogP contribution is -2.28. The molecule has 1 aliphatic rings. The van der Waals surface area contributed by atoms with E-state index in [4.69, 9.17) is 9.84 Å². The van der Waals surface area contributed by atoms with Crippen molar-refractivity contribution >= 4 is 11.9 Å². The van der Waals surface area contributed by atoms with E-state index in [0.717, 1.165) is 0 Å². The van der Waals surface area contributed by atoms with E-state index < -0.39 is 23.3 Å². The SMILES string of the molecule is C=C(C(=O)O)C1C(=O)OCC1(C)C. The van der Waals surface area contributed by atoms with Gasteiger partial charge in [0.05, 0.1) is 12.5 Å². The summed E-state index contributed by atoms with van der Waals surface area (Å²) < 4.78 is 4.79. The molecular weight excluding hydrogens is 172 g/mol. The molecule has 1 N–H and O–H groups in total. The Morgan fingerprint density at radius 3 is 2.54 bits per heavy atom. The normalized spacial score (nSPS) is 25.4. The Kier molecular flexibility index (Phi) is 2.15. The van der Waals surface area contributed by atoms with E-state index in [2.05, 4.69) is 6.58 Å². The summed E-state index contributed by atoms with van der Waals surface area (Å²) in [5.74, 6) is -2.35. The van der Waals surface area contributed by atoms with Crippen LogP contribution in [0.4, 0.5) is 0 Å². The van der Waals surface area contributed by atoms with Gasteiger partial charge in [-0.2, -0.15) is 0 Å². The molecule has 1 fully saturated rings. The van der Waals surface area contributed by atoms with Gasteiger partial charge in [-0.3, -0.25) is 4.79 Å². The average molecular weight is 184 g/mol. The van der Waals surface area contributed by atoms with Gasteiger partial charge in [0, 0.05) is 11.0 Å². The van der Waals surface area contributed by atoms with Crippen molar-refractivity contribution in [1.82, 2.24) is 0 Å². The number of carbonyl (C=O) groups is 2. The van der Waals surface area contributed by atoms with E-state index in [9.17, 15) is 9.59 Å². The van der Waals surface area contributed by atoms with Gasteiger partial charge in [-0.1, -0.05) is 20.4 Å². The lowest BCUT2D eigenvalue weighted by Gasteiger charge is -2.21. The second-order valence-electron chi connectivity index (χ2n) is 3.86. The van der Waals surface area contributed by atoms with Gasteiger partial charge in [0.25, 0.3) is 0 Å². The van der Waals surface area contributed by atoms with E-state index in [1.54, 1.807) is 13.8 Å². The molecule has 72 valence electrons. The Morgan fingerprint density at radius 1 is 1.69 bits per heavy atom.